The molecule has 0 amide bonds. The smallest absolute Gasteiger partial charge is 0.300 e. The molecule has 0 heterocycles. The van der Waals surface area contributed by atoms with Crippen LogP contribution in [0.5, 0.6) is 0 Å². The van der Waals surface area contributed by atoms with E-state index in [1.54, 1.807) is 0 Å². The Balaban J connectivity index is -0.000000484. The Morgan fingerprint density at radius 2 is 0.923 bits per heavy atom. The van der Waals surface area contributed by atoms with Crippen LogP contribution in [-0.4, -0.2) is 61.0 Å². The van der Waals surface area contributed by atoms with Crippen molar-refractivity contribution >= 4 is 16.1 Å². The second-order valence-corrected chi connectivity index (χ2v) is 8.37. The predicted octanol–water partition coefficient (Wildman–Crippen LogP) is 4.60. The van der Waals surface area contributed by atoms with Gasteiger partial charge in [0, 0.05) is 6.92 Å². The number of carbonyl (C=O) groups is 1. The normalized spacial score (nSPS) is 11.0. The molecule has 2 N–H and O–H groups in total. The van der Waals surface area contributed by atoms with Crippen LogP contribution in [0.3, 0.4) is 0 Å². The van der Waals surface area contributed by atoms with Gasteiger partial charge in [-0.15, -0.1) is 0 Å². The molecule has 0 aliphatic carbocycles. The minimum absolute atomic E-state index is 0.715. The van der Waals surface area contributed by atoms with Crippen LogP contribution in [0.2, 0.25) is 0 Å². The Kier molecular flexibility index (Phi) is 22.1. The molecule has 0 fully saturated rings. The van der Waals surface area contributed by atoms with Gasteiger partial charge in [0.25, 0.3) is 16.1 Å². The van der Waals surface area contributed by atoms with Gasteiger partial charge < -0.3 is 9.59 Å². The van der Waals surface area contributed by atoms with Crippen molar-refractivity contribution in [2.45, 2.75) is 86.0 Å². The zero-order valence-corrected chi connectivity index (χ0v) is 18.8. The van der Waals surface area contributed by atoms with E-state index in [0.29, 0.717) is 6.26 Å². The fourth-order valence-electron chi connectivity index (χ4n) is 2.64. The molecule has 0 aliphatic rings. The highest BCUT2D eigenvalue weighted by molar-refractivity contribution is 7.85. The molecule has 0 aromatic rings. The van der Waals surface area contributed by atoms with Gasteiger partial charge in [-0.25, -0.2) is 0 Å². The van der Waals surface area contributed by atoms with Gasteiger partial charge in [0.1, 0.15) is 0 Å². The molecule has 7 heteroatoms. The van der Waals surface area contributed by atoms with E-state index in [1.807, 2.05) is 0 Å². The van der Waals surface area contributed by atoms with Crippen LogP contribution >= 0.6 is 0 Å². The summed E-state index contributed by atoms with van der Waals surface area (Å²) in [4.78, 5) is 9.00. The van der Waals surface area contributed by atoms with Crippen LogP contribution in [0.25, 0.3) is 0 Å². The van der Waals surface area contributed by atoms with Gasteiger partial charge in [-0.1, -0.05) is 53.4 Å². The summed E-state index contributed by atoms with van der Waals surface area (Å²) in [5, 5.41) is 7.42. The molecular weight excluding hydrogens is 354 g/mol. The summed E-state index contributed by atoms with van der Waals surface area (Å²) in [6, 6.07) is 0. The van der Waals surface area contributed by atoms with Crippen molar-refractivity contribution in [1.82, 2.24) is 0 Å². The van der Waals surface area contributed by atoms with Crippen LogP contribution in [0.4, 0.5) is 0 Å². The highest BCUT2D eigenvalue weighted by atomic mass is 32.2. The molecular formula is C19H44NO5S+. The standard InChI is InChI=1S/C16H36N.C2H4O2.CH4O3S/c1-5-9-13-17(14-10-6-2,15-11-7-3)16-12-8-4;1-2(3)4;1-5(2,3)4/h5-16H2,1-4H3;1H3,(H,3,4);1H3,(H,2,3,4)/q+1;;. The number of carboxylic acid groups (broad SMARTS) is 1. The molecule has 160 valence electrons. The van der Waals surface area contributed by atoms with Crippen LogP contribution in [0.1, 0.15) is 86.0 Å². The van der Waals surface area contributed by atoms with E-state index < -0.39 is 16.1 Å². The number of nitrogens with zero attached hydrogens (tertiary/aromatic N) is 1. The van der Waals surface area contributed by atoms with Gasteiger partial charge >= 0.3 is 0 Å². The van der Waals surface area contributed by atoms with Crippen LogP contribution in [0, 0.1) is 0 Å². The van der Waals surface area contributed by atoms with Crippen molar-refractivity contribution in [3.8, 4) is 0 Å². The van der Waals surface area contributed by atoms with Crippen molar-refractivity contribution in [3.63, 3.8) is 0 Å². The summed E-state index contributed by atoms with van der Waals surface area (Å²) in [5.41, 5.74) is 0. The Morgan fingerprint density at radius 1 is 0.769 bits per heavy atom. The lowest BCUT2D eigenvalue weighted by molar-refractivity contribution is -0.929. The van der Waals surface area contributed by atoms with Gasteiger partial charge in [-0.2, -0.15) is 8.42 Å². The molecule has 0 bridgehead atoms. The SMILES string of the molecule is CC(=O)O.CCCC[N+](CCCC)(CCCC)CCCC.CS(=O)(=O)O. The Hall–Kier alpha value is -0.660. The number of hydrogen-bond donors (Lipinski definition) is 2. The molecule has 0 atom stereocenters. The minimum Gasteiger partial charge on any atom is -0.481 e. The van der Waals surface area contributed by atoms with Gasteiger partial charge in [0.2, 0.25) is 0 Å². The topological polar surface area (TPSA) is 91.7 Å². The number of quaternary nitrogens is 1. The summed E-state index contributed by atoms with van der Waals surface area (Å²) in [7, 11) is -3.67. The predicted molar refractivity (Wildman–Crippen MR) is 110 cm³/mol. The fourth-order valence-corrected chi connectivity index (χ4v) is 2.64. The van der Waals surface area contributed by atoms with E-state index in [2.05, 4.69) is 27.7 Å². The molecule has 0 aliphatic heterocycles. The molecule has 6 nitrogen and oxygen atoms in total. The maximum Gasteiger partial charge on any atom is 0.300 e. The van der Waals surface area contributed by atoms with Gasteiger partial charge in [0.05, 0.1) is 32.4 Å². The number of carboxylic acids is 1. The number of aliphatic carboxylic acids is 1. The zero-order chi connectivity index (χ0) is 21.1. The molecule has 0 unspecified atom stereocenters. The second-order valence-electron chi connectivity index (χ2n) is 6.90. The maximum absolute atomic E-state index is 9.19. The number of unbranched alkanes of at least 4 members (excludes halogenated alkanes) is 4. The lowest BCUT2D eigenvalue weighted by Crippen LogP contribution is -2.50. The van der Waals surface area contributed by atoms with Crippen LogP contribution < -0.4 is 0 Å². The van der Waals surface area contributed by atoms with Crippen molar-refractivity contribution in [3.05, 3.63) is 0 Å². The van der Waals surface area contributed by atoms with Crippen molar-refractivity contribution < 1.29 is 27.4 Å². The van der Waals surface area contributed by atoms with E-state index in [4.69, 9.17) is 14.5 Å². The monoisotopic (exact) mass is 398 g/mol. The van der Waals surface area contributed by atoms with Crippen LogP contribution in [-0.2, 0) is 14.9 Å². The average Bonchev–Trinajstić information content (AvgIpc) is 2.51. The molecule has 26 heavy (non-hydrogen) atoms. The second kappa shape index (κ2) is 19.1. The maximum atomic E-state index is 9.19. The summed E-state index contributed by atoms with van der Waals surface area (Å²) >= 11 is 0. The summed E-state index contributed by atoms with van der Waals surface area (Å²) in [6.45, 7) is 16.1. The summed E-state index contributed by atoms with van der Waals surface area (Å²) in [6.07, 6.45) is 11.8. The Bertz CT molecular complexity index is 361. The molecule has 0 saturated heterocycles. The van der Waals surface area contributed by atoms with Crippen molar-refractivity contribution in [2.24, 2.45) is 0 Å². The van der Waals surface area contributed by atoms with Gasteiger partial charge in [-0.3, -0.25) is 9.35 Å². The lowest BCUT2D eigenvalue weighted by atomic mass is 10.1. The third-order valence-corrected chi connectivity index (χ3v) is 3.94. The molecule has 0 saturated carbocycles. The lowest BCUT2D eigenvalue weighted by Gasteiger charge is -2.39. The third kappa shape index (κ3) is 31.1. The van der Waals surface area contributed by atoms with Gasteiger partial charge in [-0.05, 0) is 25.7 Å². The highest BCUT2D eigenvalue weighted by Gasteiger charge is 2.24. The van der Waals surface area contributed by atoms with Crippen LogP contribution in [0.15, 0.2) is 0 Å². The largest absolute Gasteiger partial charge is 0.481 e. The fraction of sp³-hybridized carbons (Fsp3) is 0.947. The van der Waals surface area contributed by atoms with Gasteiger partial charge in [0.15, 0.2) is 0 Å². The first kappa shape index (κ1) is 30.1. The Labute approximate surface area is 162 Å². The van der Waals surface area contributed by atoms with E-state index in [0.717, 1.165) is 6.92 Å². The number of hydrogen-bond acceptors (Lipinski definition) is 3. The molecule has 0 rings (SSSR count). The summed E-state index contributed by atoms with van der Waals surface area (Å²) in [5.74, 6) is -0.833. The number of rotatable bonds is 12. The minimum atomic E-state index is -3.67. The zero-order valence-electron chi connectivity index (χ0n) is 18.0. The molecule has 0 aromatic heterocycles. The molecule has 0 aromatic carbocycles. The van der Waals surface area contributed by atoms with E-state index in [9.17, 15) is 8.42 Å². The molecule has 0 spiro atoms. The van der Waals surface area contributed by atoms with Crippen molar-refractivity contribution in [1.29, 1.82) is 0 Å². The Morgan fingerprint density at radius 3 is 1.04 bits per heavy atom. The third-order valence-electron chi connectivity index (χ3n) is 3.94. The quantitative estimate of drug-likeness (QED) is 0.370. The van der Waals surface area contributed by atoms with E-state index in [1.165, 1.54) is 82.0 Å². The first-order valence-corrected chi connectivity index (χ1v) is 11.8. The van der Waals surface area contributed by atoms with E-state index in [-0.39, 0.29) is 0 Å². The average molecular weight is 399 g/mol. The molecule has 0 radical (unpaired) electrons. The summed E-state index contributed by atoms with van der Waals surface area (Å²) < 4.78 is 27.3. The first-order valence-electron chi connectivity index (χ1n) is 9.95. The highest BCUT2D eigenvalue weighted by Crippen LogP contribution is 2.16. The van der Waals surface area contributed by atoms with Crippen molar-refractivity contribution in [2.75, 3.05) is 32.4 Å². The first-order chi connectivity index (χ1) is 12.0. The van der Waals surface area contributed by atoms with E-state index >= 15 is 0 Å².